The van der Waals surface area contributed by atoms with Gasteiger partial charge >= 0.3 is 0 Å². The molecule has 0 spiro atoms. The van der Waals surface area contributed by atoms with Gasteiger partial charge in [-0.15, -0.1) is 11.6 Å². The van der Waals surface area contributed by atoms with Gasteiger partial charge in [-0.25, -0.2) is 0 Å². The highest BCUT2D eigenvalue weighted by Crippen LogP contribution is 2.41. The molecule has 2 aliphatic heterocycles. The first-order valence-electron chi connectivity index (χ1n) is 12.9. The molecule has 190 valence electrons. The topological polar surface area (TPSA) is 52.7 Å². The molecule has 6 rings (SSSR count). The minimum absolute atomic E-state index is 0.0577. The van der Waals surface area contributed by atoms with Crippen molar-refractivity contribution in [1.82, 2.24) is 0 Å². The number of amides is 2. The van der Waals surface area contributed by atoms with E-state index in [-0.39, 0.29) is 23.2 Å². The number of halogens is 1. The van der Waals surface area contributed by atoms with Crippen LogP contribution in [0, 0.1) is 6.92 Å². The highest BCUT2D eigenvalue weighted by Gasteiger charge is 2.39. The van der Waals surface area contributed by atoms with Gasteiger partial charge < -0.3 is 15.1 Å². The van der Waals surface area contributed by atoms with Gasteiger partial charge in [0.15, 0.2) is 0 Å². The van der Waals surface area contributed by atoms with Gasteiger partial charge in [-0.05, 0) is 66.9 Å². The third-order valence-corrected chi connectivity index (χ3v) is 7.72. The van der Waals surface area contributed by atoms with E-state index in [1.807, 2.05) is 78.6 Å². The van der Waals surface area contributed by atoms with Crippen LogP contribution in [0.3, 0.4) is 0 Å². The maximum Gasteiger partial charge on any atom is 0.258 e. The van der Waals surface area contributed by atoms with Crippen LogP contribution in [0.5, 0.6) is 0 Å². The largest absolute Gasteiger partial charge is 0.364 e. The number of rotatable bonds is 4. The predicted octanol–water partition coefficient (Wildman–Crippen LogP) is 6.76. The third-order valence-electron chi connectivity index (χ3n) is 7.41. The van der Waals surface area contributed by atoms with Crippen LogP contribution in [-0.2, 0) is 0 Å². The molecule has 2 atom stereocenters. The fourth-order valence-electron chi connectivity index (χ4n) is 5.48. The number of para-hydroxylation sites is 2. The molecule has 0 bridgehead atoms. The summed E-state index contributed by atoms with van der Waals surface area (Å²) in [5.74, 6) is -0.250. The molecule has 0 radical (unpaired) electrons. The van der Waals surface area contributed by atoms with Crippen molar-refractivity contribution in [3.05, 3.63) is 114 Å². The number of nitrogens with one attached hydrogen (secondary N) is 1. The molecule has 0 aliphatic carbocycles. The first kappa shape index (κ1) is 24.3. The fraction of sp³-hybridized carbons (Fsp3) is 0.188. The van der Waals surface area contributed by atoms with E-state index < -0.39 is 0 Å². The lowest BCUT2D eigenvalue weighted by Crippen LogP contribution is -2.48. The second-order valence-electron chi connectivity index (χ2n) is 9.99. The maximum absolute atomic E-state index is 13.6. The molecule has 1 saturated heterocycles. The van der Waals surface area contributed by atoms with E-state index in [0.717, 1.165) is 35.5 Å². The molecule has 0 saturated carbocycles. The molecule has 0 aromatic heterocycles. The summed E-state index contributed by atoms with van der Waals surface area (Å²) in [5, 5.41) is 3.08. The van der Waals surface area contributed by atoms with Crippen molar-refractivity contribution in [1.29, 1.82) is 0 Å². The van der Waals surface area contributed by atoms with Gasteiger partial charge in [0, 0.05) is 35.9 Å². The lowest BCUT2D eigenvalue weighted by molar-refractivity contribution is 0.0983. The molecular formula is C32H28ClN3O2. The zero-order valence-electron chi connectivity index (χ0n) is 21.1. The Hall–Kier alpha value is -4.09. The van der Waals surface area contributed by atoms with Crippen LogP contribution in [0.25, 0.3) is 11.1 Å². The van der Waals surface area contributed by atoms with E-state index in [2.05, 4.69) is 16.3 Å². The summed E-state index contributed by atoms with van der Waals surface area (Å²) in [7, 11) is 0. The summed E-state index contributed by atoms with van der Waals surface area (Å²) < 4.78 is 0. The van der Waals surface area contributed by atoms with Crippen LogP contribution >= 0.6 is 11.6 Å². The van der Waals surface area contributed by atoms with E-state index in [1.165, 1.54) is 5.56 Å². The molecule has 2 aliphatic rings. The smallest absolute Gasteiger partial charge is 0.258 e. The van der Waals surface area contributed by atoms with Gasteiger partial charge in [-0.1, -0.05) is 60.2 Å². The third kappa shape index (κ3) is 4.54. The quantitative estimate of drug-likeness (QED) is 0.302. The Labute approximate surface area is 227 Å². The molecular weight excluding hydrogens is 494 g/mol. The number of carbonyl (C=O) groups is 2. The Kier molecular flexibility index (Phi) is 6.38. The first-order valence-corrected chi connectivity index (χ1v) is 13.3. The fourth-order valence-corrected chi connectivity index (χ4v) is 5.84. The molecule has 38 heavy (non-hydrogen) atoms. The van der Waals surface area contributed by atoms with Crippen molar-refractivity contribution in [2.24, 2.45) is 0 Å². The van der Waals surface area contributed by atoms with Crippen LogP contribution in [-0.4, -0.2) is 36.3 Å². The average Bonchev–Trinajstić information content (AvgIpc) is 3.33. The van der Waals surface area contributed by atoms with E-state index in [1.54, 1.807) is 24.3 Å². The molecule has 4 aromatic rings. The van der Waals surface area contributed by atoms with Gasteiger partial charge in [0.2, 0.25) is 0 Å². The zero-order valence-corrected chi connectivity index (χ0v) is 21.9. The van der Waals surface area contributed by atoms with Gasteiger partial charge in [-0.2, -0.15) is 0 Å². The lowest BCUT2D eigenvalue weighted by atomic mass is 9.98. The van der Waals surface area contributed by atoms with Crippen molar-refractivity contribution in [3.8, 4) is 11.1 Å². The minimum atomic E-state index is -0.192. The van der Waals surface area contributed by atoms with Crippen LogP contribution in [0.15, 0.2) is 97.1 Å². The Bertz CT molecular complexity index is 1500. The van der Waals surface area contributed by atoms with E-state index in [0.29, 0.717) is 23.4 Å². The Morgan fingerprint density at radius 1 is 0.816 bits per heavy atom. The van der Waals surface area contributed by atoms with Gasteiger partial charge in [0.25, 0.3) is 11.8 Å². The monoisotopic (exact) mass is 521 g/mol. The molecule has 1 fully saturated rings. The standard InChI is InChI=1S/C32H28ClN3O2/c1-21-10-12-22(13-11-21)27-6-2-3-7-28(27)31(37)34-25-16-14-23(15-17-25)32(38)36-20-26-18-24(33)19-35(26)29-8-4-5-9-30(29)36/h2-17,24,26H,18-20H2,1H3,(H,34,37)/t24?,26-/m0/s1. The Morgan fingerprint density at radius 3 is 2.26 bits per heavy atom. The Balaban J connectivity index is 1.21. The van der Waals surface area contributed by atoms with Crippen molar-refractivity contribution in [2.75, 3.05) is 28.2 Å². The SMILES string of the molecule is Cc1ccc(-c2ccccc2C(=O)Nc2ccc(C(=O)N3C[C@@H]4CC(Cl)CN4c4ccccc43)cc2)cc1. The van der Waals surface area contributed by atoms with Crippen LogP contribution < -0.4 is 15.1 Å². The zero-order chi connectivity index (χ0) is 26.2. The number of aryl methyl sites for hydroxylation is 1. The summed E-state index contributed by atoms with van der Waals surface area (Å²) in [6, 6.07) is 31.1. The highest BCUT2D eigenvalue weighted by molar-refractivity contribution is 6.21. The molecule has 4 aromatic carbocycles. The maximum atomic E-state index is 13.6. The average molecular weight is 522 g/mol. The van der Waals surface area contributed by atoms with Crippen LogP contribution in [0.2, 0.25) is 0 Å². The molecule has 2 amide bonds. The van der Waals surface area contributed by atoms with Crippen molar-refractivity contribution < 1.29 is 9.59 Å². The van der Waals surface area contributed by atoms with Gasteiger partial charge in [-0.3, -0.25) is 9.59 Å². The van der Waals surface area contributed by atoms with Crippen molar-refractivity contribution >= 4 is 40.5 Å². The second-order valence-corrected chi connectivity index (χ2v) is 10.6. The van der Waals surface area contributed by atoms with Gasteiger partial charge in [0.05, 0.1) is 16.8 Å². The molecule has 1 N–H and O–H groups in total. The summed E-state index contributed by atoms with van der Waals surface area (Å²) in [5.41, 5.74) is 6.80. The minimum Gasteiger partial charge on any atom is -0.364 e. The molecule has 1 unspecified atom stereocenters. The number of carbonyl (C=O) groups excluding carboxylic acids is 2. The molecule has 2 heterocycles. The number of nitrogens with zero attached hydrogens (tertiary/aromatic N) is 2. The number of fused-ring (bicyclic) bond motifs is 3. The summed E-state index contributed by atoms with van der Waals surface area (Å²) in [4.78, 5) is 31.0. The van der Waals surface area contributed by atoms with E-state index in [9.17, 15) is 9.59 Å². The van der Waals surface area contributed by atoms with Crippen LogP contribution in [0.4, 0.5) is 17.1 Å². The van der Waals surface area contributed by atoms with Gasteiger partial charge in [0.1, 0.15) is 0 Å². The number of hydrogen-bond acceptors (Lipinski definition) is 3. The summed E-state index contributed by atoms with van der Waals surface area (Å²) in [6.45, 7) is 3.44. The van der Waals surface area contributed by atoms with Crippen LogP contribution in [0.1, 0.15) is 32.7 Å². The normalized spacial score (nSPS) is 18.1. The number of benzene rings is 4. The molecule has 6 heteroatoms. The predicted molar refractivity (Wildman–Crippen MR) is 155 cm³/mol. The first-order chi connectivity index (χ1) is 18.5. The number of alkyl halides is 1. The lowest BCUT2D eigenvalue weighted by Gasteiger charge is -2.40. The van der Waals surface area contributed by atoms with E-state index >= 15 is 0 Å². The number of anilines is 3. The van der Waals surface area contributed by atoms with Crippen molar-refractivity contribution in [2.45, 2.75) is 24.8 Å². The van der Waals surface area contributed by atoms with Crippen molar-refractivity contribution in [3.63, 3.8) is 0 Å². The summed E-state index contributed by atoms with van der Waals surface area (Å²) in [6.07, 6.45) is 0.856. The highest BCUT2D eigenvalue weighted by atomic mass is 35.5. The Morgan fingerprint density at radius 2 is 1.50 bits per heavy atom. The second kappa shape index (κ2) is 9.99. The van der Waals surface area contributed by atoms with E-state index in [4.69, 9.17) is 11.6 Å². The molecule has 5 nitrogen and oxygen atoms in total. The summed E-state index contributed by atoms with van der Waals surface area (Å²) >= 11 is 6.47. The number of hydrogen-bond donors (Lipinski definition) is 1.